The molecule has 2 N–H and O–H groups in total. The molecule has 64 valence electrons. The molecule has 0 radical (unpaired) electrons. The minimum atomic E-state index is -0.351. The molecule has 0 unspecified atom stereocenters. The van der Waals surface area contributed by atoms with Gasteiger partial charge in [0.15, 0.2) is 12.4 Å². The van der Waals surface area contributed by atoms with Crippen LogP contribution in [0.25, 0.3) is 0 Å². The minimum Gasteiger partial charge on any atom is -0.619 e. The van der Waals surface area contributed by atoms with Crippen molar-refractivity contribution in [2.24, 2.45) is 5.73 Å². The van der Waals surface area contributed by atoms with Crippen LogP contribution in [0, 0.1) is 5.21 Å². The summed E-state index contributed by atoms with van der Waals surface area (Å²) in [5.41, 5.74) is 5.78. The highest BCUT2D eigenvalue weighted by atomic mass is 16.5. The van der Waals surface area contributed by atoms with Gasteiger partial charge in [-0.15, -0.1) is 0 Å². The number of hydrogen-bond donors (Lipinski definition) is 1. The van der Waals surface area contributed by atoms with E-state index in [9.17, 15) is 10.0 Å². The Kier molecular flexibility index (Phi) is 2.63. The Bertz CT molecular complexity index is 286. The van der Waals surface area contributed by atoms with Gasteiger partial charge in [-0.1, -0.05) is 0 Å². The molecule has 0 spiro atoms. The third kappa shape index (κ3) is 2.57. The first-order valence-corrected chi connectivity index (χ1v) is 3.64. The van der Waals surface area contributed by atoms with Gasteiger partial charge in [0.25, 0.3) is 0 Å². The van der Waals surface area contributed by atoms with E-state index in [1.807, 2.05) is 0 Å². The number of carbonyl (C=O) groups excluding carboxylic acids is 1. The first-order valence-electron chi connectivity index (χ1n) is 3.64. The number of amides is 1. The van der Waals surface area contributed by atoms with E-state index in [1.54, 1.807) is 12.1 Å². The molecule has 0 saturated carbocycles. The topological polar surface area (TPSA) is 70.0 Å². The summed E-state index contributed by atoms with van der Waals surface area (Å²) in [4.78, 5) is 10.4. The van der Waals surface area contributed by atoms with Crippen molar-refractivity contribution in [2.45, 2.75) is 12.8 Å². The van der Waals surface area contributed by atoms with Gasteiger partial charge in [-0.25, -0.2) is 0 Å². The number of aryl methyl sites for hydroxylation is 1. The second-order valence-corrected chi connectivity index (χ2v) is 2.54. The van der Waals surface area contributed by atoms with Crippen LogP contribution in [-0.4, -0.2) is 5.91 Å². The summed E-state index contributed by atoms with van der Waals surface area (Å²) >= 11 is 0. The highest BCUT2D eigenvalue weighted by molar-refractivity contribution is 5.73. The van der Waals surface area contributed by atoms with Crippen LogP contribution in [0.15, 0.2) is 24.5 Å². The van der Waals surface area contributed by atoms with Crippen LogP contribution in [0.2, 0.25) is 0 Å². The molecule has 0 aromatic carbocycles. The van der Waals surface area contributed by atoms with Crippen LogP contribution in [0.3, 0.4) is 0 Å². The fourth-order valence-electron chi connectivity index (χ4n) is 0.916. The van der Waals surface area contributed by atoms with E-state index < -0.39 is 0 Å². The zero-order valence-corrected chi connectivity index (χ0v) is 6.56. The highest BCUT2D eigenvalue weighted by Gasteiger charge is 1.99. The summed E-state index contributed by atoms with van der Waals surface area (Å²) in [5, 5.41) is 10.7. The van der Waals surface area contributed by atoms with Gasteiger partial charge in [0.2, 0.25) is 5.91 Å². The molecule has 4 heteroatoms. The second-order valence-electron chi connectivity index (χ2n) is 2.54. The highest BCUT2D eigenvalue weighted by Crippen LogP contribution is 1.98. The third-order valence-electron chi connectivity index (χ3n) is 1.50. The quantitative estimate of drug-likeness (QED) is 0.496. The number of hydrogen-bond acceptors (Lipinski definition) is 2. The zero-order chi connectivity index (χ0) is 8.97. The first kappa shape index (κ1) is 8.52. The molecule has 0 aliphatic heterocycles. The van der Waals surface area contributed by atoms with Crippen molar-refractivity contribution in [3.63, 3.8) is 0 Å². The van der Waals surface area contributed by atoms with E-state index in [2.05, 4.69) is 0 Å². The van der Waals surface area contributed by atoms with Gasteiger partial charge in [-0.05, 0) is 12.5 Å². The van der Waals surface area contributed by atoms with E-state index in [-0.39, 0.29) is 12.3 Å². The standard InChI is InChI=1S/C8H10N2O2/c9-8(11)4-3-7-2-1-5-10(12)6-7/h1-2,5-6H,3-4H2,(H2,9,11). The van der Waals surface area contributed by atoms with E-state index in [0.29, 0.717) is 11.2 Å². The van der Waals surface area contributed by atoms with Crippen LogP contribution >= 0.6 is 0 Å². The lowest BCUT2D eigenvalue weighted by molar-refractivity contribution is -0.605. The lowest BCUT2D eigenvalue weighted by atomic mass is 10.1. The van der Waals surface area contributed by atoms with E-state index >= 15 is 0 Å². The molecule has 12 heavy (non-hydrogen) atoms. The molecule has 0 aliphatic carbocycles. The minimum absolute atomic E-state index is 0.282. The Hall–Kier alpha value is -1.58. The van der Waals surface area contributed by atoms with E-state index in [0.717, 1.165) is 5.56 Å². The molecule has 0 fully saturated rings. The molecule has 0 aliphatic rings. The maximum Gasteiger partial charge on any atom is 0.217 e. The van der Waals surface area contributed by atoms with Gasteiger partial charge in [-0.2, -0.15) is 4.73 Å². The Morgan fingerprint density at radius 2 is 2.42 bits per heavy atom. The summed E-state index contributed by atoms with van der Waals surface area (Å²) in [5.74, 6) is -0.351. The van der Waals surface area contributed by atoms with Crippen LogP contribution in [0.5, 0.6) is 0 Å². The molecular weight excluding hydrogens is 156 g/mol. The number of nitrogens with zero attached hydrogens (tertiary/aromatic N) is 1. The predicted octanol–water partition coefficient (Wildman–Crippen LogP) is -0.262. The normalized spacial score (nSPS) is 9.67. The number of nitrogens with two attached hydrogens (primary N) is 1. The van der Waals surface area contributed by atoms with Crippen molar-refractivity contribution in [2.75, 3.05) is 0 Å². The second kappa shape index (κ2) is 3.71. The van der Waals surface area contributed by atoms with Gasteiger partial charge < -0.3 is 10.9 Å². The van der Waals surface area contributed by atoms with Crippen LogP contribution in [0.4, 0.5) is 0 Å². The fourth-order valence-corrected chi connectivity index (χ4v) is 0.916. The Morgan fingerprint density at radius 1 is 1.67 bits per heavy atom. The van der Waals surface area contributed by atoms with Gasteiger partial charge in [0.1, 0.15) is 0 Å². The first-order chi connectivity index (χ1) is 5.68. The molecule has 1 rings (SSSR count). The maximum absolute atomic E-state index is 10.7. The summed E-state index contributed by atoms with van der Waals surface area (Å²) in [6.07, 6.45) is 3.64. The molecule has 1 aromatic heterocycles. The van der Waals surface area contributed by atoms with Crippen molar-refractivity contribution >= 4 is 5.91 Å². The summed E-state index contributed by atoms with van der Waals surface area (Å²) in [7, 11) is 0. The van der Waals surface area contributed by atoms with Gasteiger partial charge in [-0.3, -0.25) is 4.79 Å². The van der Waals surface area contributed by atoms with Gasteiger partial charge in [0, 0.05) is 18.1 Å². The molecule has 1 amide bonds. The average Bonchev–Trinajstić information content (AvgIpc) is 2.01. The number of carbonyl (C=O) groups is 1. The van der Waals surface area contributed by atoms with Crippen molar-refractivity contribution in [3.8, 4) is 0 Å². The van der Waals surface area contributed by atoms with Crippen LogP contribution in [0.1, 0.15) is 12.0 Å². The van der Waals surface area contributed by atoms with E-state index in [4.69, 9.17) is 5.73 Å². The Balaban J connectivity index is 2.57. The summed E-state index contributed by atoms with van der Waals surface area (Å²) in [6.45, 7) is 0. The van der Waals surface area contributed by atoms with Crippen molar-refractivity contribution in [3.05, 3.63) is 35.3 Å². The number of aromatic nitrogens is 1. The smallest absolute Gasteiger partial charge is 0.217 e. The third-order valence-corrected chi connectivity index (χ3v) is 1.50. The fraction of sp³-hybridized carbons (Fsp3) is 0.250. The lowest BCUT2D eigenvalue weighted by Gasteiger charge is -1.98. The Labute approximate surface area is 70.2 Å². The molecule has 0 atom stereocenters. The monoisotopic (exact) mass is 166 g/mol. The molecular formula is C8H10N2O2. The van der Waals surface area contributed by atoms with Crippen LogP contribution in [-0.2, 0) is 11.2 Å². The van der Waals surface area contributed by atoms with Crippen molar-refractivity contribution < 1.29 is 9.52 Å². The SMILES string of the molecule is NC(=O)CCc1ccc[n+]([O-])c1. The largest absolute Gasteiger partial charge is 0.619 e. The molecule has 4 nitrogen and oxygen atoms in total. The maximum atomic E-state index is 10.7. The van der Waals surface area contributed by atoms with Crippen molar-refractivity contribution in [1.82, 2.24) is 0 Å². The average molecular weight is 166 g/mol. The number of primary amides is 1. The molecule has 1 aromatic rings. The van der Waals surface area contributed by atoms with E-state index in [1.165, 1.54) is 12.4 Å². The van der Waals surface area contributed by atoms with Gasteiger partial charge >= 0.3 is 0 Å². The number of rotatable bonds is 3. The zero-order valence-electron chi connectivity index (χ0n) is 6.56. The van der Waals surface area contributed by atoms with Crippen LogP contribution < -0.4 is 10.5 Å². The van der Waals surface area contributed by atoms with Crippen molar-refractivity contribution in [1.29, 1.82) is 0 Å². The Morgan fingerprint density at radius 3 is 3.00 bits per heavy atom. The molecule has 0 bridgehead atoms. The molecule has 0 saturated heterocycles. The summed E-state index contributed by atoms with van der Waals surface area (Å²) < 4.78 is 0.705. The number of pyridine rings is 1. The van der Waals surface area contributed by atoms with Gasteiger partial charge in [0.05, 0.1) is 0 Å². The summed E-state index contributed by atoms with van der Waals surface area (Å²) in [6, 6.07) is 3.43. The molecule has 1 heterocycles. The lowest BCUT2D eigenvalue weighted by Crippen LogP contribution is -2.25. The predicted molar refractivity (Wildman–Crippen MR) is 42.9 cm³/mol.